The van der Waals surface area contributed by atoms with Crippen LogP contribution in [0.25, 0.3) is 0 Å². The zero-order valence-corrected chi connectivity index (χ0v) is 20.0. The normalized spacial score (nSPS) is 10.4. The molecule has 0 aliphatic carbocycles. The van der Waals surface area contributed by atoms with E-state index in [1.807, 2.05) is 68.4 Å². The molecule has 3 rings (SSSR count). The first-order valence-corrected chi connectivity index (χ1v) is 11.2. The van der Waals surface area contributed by atoms with Crippen LogP contribution in [0.3, 0.4) is 0 Å². The van der Waals surface area contributed by atoms with Gasteiger partial charge in [-0.2, -0.15) is 0 Å². The summed E-state index contributed by atoms with van der Waals surface area (Å²) < 4.78 is 10.3. The Hall–Kier alpha value is -4.33. The van der Waals surface area contributed by atoms with Crippen molar-refractivity contribution < 1.29 is 23.9 Å². The number of para-hydroxylation sites is 2. The summed E-state index contributed by atoms with van der Waals surface area (Å²) in [6, 6.07) is 23.7. The highest BCUT2D eigenvalue weighted by Crippen LogP contribution is 2.23. The van der Waals surface area contributed by atoms with Crippen LogP contribution < -0.4 is 20.3 Å². The number of ether oxygens (including phenoxy) is 2. The number of methoxy groups -OCH3 is 1. The first-order chi connectivity index (χ1) is 16.9. The van der Waals surface area contributed by atoms with E-state index in [-0.39, 0.29) is 18.5 Å². The maximum absolute atomic E-state index is 12.8. The number of anilines is 3. The van der Waals surface area contributed by atoms with Crippen LogP contribution in [0, 0.1) is 0 Å². The third-order valence-electron chi connectivity index (χ3n) is 5.09. The molecule has 0 fully saturated rings. The number of nitrogens with one attached hydrogen (secondary N) is 2. The molecule has 8 heteroatoms. The number of nitrogens with zero attached hydrogens (tertiary/aromatic N) is 1. The Morgan fingerprint density at radius 3 is 2.14 bits per heavy atom. The molecule has 0 bridgehead atoms. The molecule has 0 aromatic heterocycles. The van der Waals surface area contributed by atoms with Crippen LogP contribution in [0.5, 0.6) is 5.75 Å². The van der Waals surface area contributed by atoms with Gasteiger partial charge in [0, 0.05) is 23.1 Å². The summed E-state index contributed by atoms with van der Waals surface area (Å²) >= 11 is 0. The molecule has 0 saturated carbocycles. The van der Waals surface area contributed by atoms with Crippen LogP contribution in [-0.2, 0) is 14.3 Å². The molecule has 0 saturated heterocycles. The van der Waals surface area contributed by atoms with Gasteiger partial charge in [-0.15, -0.1) is 0 Å². The molecular weight excluding hydrogens is 446 g/mol. The zero-order chi connectivity index (χ0) is 25.2. The highest BCUT2D eigenvalue weighted by molar-refractivity contribution is 5.99. The lowest BCUT2D eigenvalue weighted by Gasteiger charge is -2.27. The van der Waals surface area contributed by atoms with Crippen molar-refractivity contribution in [3.8, 4) is 5.75 Å². The van der Waals surface area contributed by atoms with E-state index >= 15 is 0 Å². The second-order valence-electron chi connectivity index (χ2n) is 7.94. The molecular formula is C27H29N3O5. The number of carbonyl (C=O) groups is 3. The minimum absolute atomic E-state index is 0.153. The van der Waals surface area contributed by atoms with Crippen LogP contribution in [0.4, 0.5) is 17.1 Å². The van der Waals surface area contributed by atoms with Crippen LogP contribution in [-0.4, -0.2) is 44.1 Å². The van der Waals surface area contributed by atoms with Gasteiger partial charge in [0.25, 0.3) is 11.8 Å². The second kappa shape index (κ2) is 12.2. The Morgan fingerprint density at radius 2 is 1.49 bits per heavy atom. The number of rotatable bonds is 10. The summed E-state index contributed by atoms with van der Waals surface area (Å²) in [6.45, 7) is 2.95. The van der Waals surface area contributed by atoms with Gasteiger partial charge in [-0.3, -0.25) is 14.4 Å². The molecule has 0 spiro atoms. The van der Waals surface area contributed by atoms with Crippen LogP contribution in [0.2, 0.25) is 0 Å². The quantitative estimate of drug-likeness (QED) is 0.428. The van der Waals surface area contributed by atoms with E-state index in [0.29, 0.717) is 17.0 Å². The van der Waals surface area contributed by atoms with Crippen molar-refractivity contribution in [1.82, 2.24) is 5.32 Å². The van der Waals surface area contributed by atoms with Crippen molar-refractivity contribution in [2.75, 3.05) is 30.5 Å². The average molecular weight is 476 g/mol. The van der Waals surface area contributed by atoms with E-state index in [0.717, 1.165) is 11.4 Å². The first-order valence-electron chi connectivity index (χ1n) is 11.2. The molecule has 2 N–H and O–H groups in total. The number of hydrogen-bond donors (Lipinski definition) is 2. The van der Waals surface area contributed by atoms with Gasteiger partial charge in [0.05, 0.1) is 12.7 Å². The van der Waals surface area contributed by atoms with Crippen molar-refractivity contribution >= 4 is 34.8 Å². The van der Waals surface area contributed by atoms with E-state index in [9.17, 15) is 14.4 Å². The summed E-state index contributed by atoms with van der Waals surface area (Å²) in [5.41, 5.74) is 2.83. The maximum Gasteiger partial charge on any atom is 0.325 e. The molecule has 0 heterocycles. The van der Waals surface area contributed by atoms with E-state index in [1.165, 1.54) is 7.11 Å². The molecule has 0 unspecified atom stereocenters. The van der Waals surface area contributed by atoms with Gasteiger partial charge in [0.15, 0.2) is 6.61 Å². The molecule has 0 radical (unpaired) electrons. The van der Waals surface area contributed by atoms with Gasteiger partial charge in [-0.05, 0) is 62.4 Å². The highest BCUT2D eigenvalue weighted by Gasteiger charge is 2.21. The molecule has 35 heavy (non-hydrogen) atoms. The predicted octanol–water partition coefficient (Wildman–Crippen LogP) is 4.15. The highest BCUT2D eigenvalue weighted by atomic mass is 16.5. The van der Waals surface area contributed by atoms with Gasteiger partial charge < -0.3 is 25.0 Å². The maximum atomic E-state index is 12.8. The smallest absolute Gasteiger partial charge is 0.325 e. The number of amides is 2. The number of benzene rings is 3. The van der Waals surface area contributed by atoms with E-state index < -0.39 is 18.5 Å². The monoisotopic (exact) mass is 475 g/mol. The number of hydrogen-bond acceptors (Lipinski definition) is 6. The summed E-state index contributed by atoms with van der Waals surface area (Å²) in [5, 5.41) is 5.78. The Labute approximate surface area is 204 Å². The minimum atomic E-state index is -0.715. The number of esters is 1. The van der Waals surface area contributed by atoms with Gasteiger partial charge in [0.2, 0.25) is 0 Å². The molecule has 3 aromatic carbocycles. The molecule has 3 aromatic rings. The van der Waals surface area contributed by atoms with Crippen molar-refractivity contribution in [2.24, 2.45) is 0 Å². The van der Waals surface area contributed by atoms with Crippen molar-refractivity contribution in [3.05, 3.63) is 84.4 Å². The van der Waals surface area contributed by atoms with Gasteiger partial charge in [-0.1, -0.05) is 30.3 Å². The van der Waals surface area contributed by atoms with Crippen molar-refractivity contribution in [3.63, 3.8) is 0 Å². The van der Waals surface area contributed by atoms with Crippen molar-refractivity contribution in [1.29, 1.82) is 0 Å². The third-order valence-corrected chi connectivity index (χ3v) is 5.09. The largest absolute Gasteiger partial charge is 0.496 e. The van der Waals surface area contributed by atoms with Crippen molar-refractivity contribution in [2.45, 2.75) is 19.9 Å². The Morgan fingerprint density at radius 1 is 0.857 bits per heavy atom. The summed E-state index contributed by atoms with van der Waals surface area (Å²) in [7, 11) is 1.46. The van der Waals surface area contributed by atoms with Crippen LogP contribution in [0.15, 0.2) is 78.9 Å². The molecule has 0 atom stereocenters. The fourth-order valence-electron chi connectivity index (χ4n) is 3.47. The fraction of sp³-hybridized carbons (Fsp3) is 0.222. The molecule has 0 aliphatic rings. The molecule has 8 nitrogen and oxygen atoms in total. The Balaban J connectivity index is 1.54. The lowest BCUT2D eigenvalue weighted by Crippen LogP contribution is -2.40. The lowest BCUT2D eigenvalue weighted by molar-refractivity contribution is -0.146. The third kappa shape index (κ3) is 7.07. The van der Waals surface area contributed by atoms with Gasteiger partial charge in [0.1, 0.15) is 12.3 Å². The number of carbonyl (C=O) groups excluding carboxylic acids is 3. The predicted molar refractivity (Wildman–Crippen MR) is 135 cm³/mol. The van der Waals surface area contributed by atoms with Crippen LogP contribution >= 0.6 is 0 Å². The van der Waals surface area contributed by atoms with E-state index in [1.54, 1.807) is 29.2 Å². The molecule has 182 valence electrons. The minimum Gasteiger partial charge on any atom is -0.496 e. The second-order valence-corrected chi connectivity index (χ2v) is 7.94. The fourth-order valence-corrected chi connectivity index (χ4v) is 3.47. The van der Waals surface area contributed by atoms with E-state index in [2.05, 4.69) is 10.6 Å². The Bertz CT molecular complexity index is 1150. The zero-order valence-electron chi connectivity index (χ0n) is 20.0. The summed E-state index contributed by atoms with van der Waals surface area (Å²) in [4.78, 5) is 38.9. The topological polar surface area (TPSA) is 97.0 Å². The molecule has 2 amide bonds. The summed E-state index contributed by atoms with van der Waals surface area (Å²) in [6.07, 6.45) is 0. The van der Waals surface area contributed by atoms with E-state index in [4.69, 9.17) is 9.47 Å². The molecule has 0 aliphatic heterocycles. The SMILES string of the molecule is COc1ccccc1C(=O)NCC(=O)OCC(=O)N(c1ccc(Nc2ccccc2)cc1)C(C)C. The van der Waals surface area contributed by atoms with Crippen LogP contribution in [0.1, 0.15) is 24.2 Å². The first kappa shape index (κ1) is 25.3. The summed E-state index contributed by atoms with van der Waals surface area (Å²) in [5.74, 6) is -1.16. The lowest BCUT2D eigenvalue weighted by atomic mass is 10.2. The van der Waals surface area contributed by atoms with Gasteiger partial charge >= 0.3 is 5.97 Å². The standard InChI is InChI=1S/C27H29N3O5/c1-19(2)30(22-15-13-21(14-16-22)29-20-9-5-4-6-10-20)25(31)18-35-26(32)17-28-27(33)23-11-7-8-12-24(23)34-3/h4-16,19,29H,17-18H2,1-3H3,(H,28,33). The Kier molecular flexibility index (Phi) is 8.83. The van der Waals surface area contributed by atoms with Gasteiger partial charge in [-0.25, -0.2) is 0 Å². The average Bonchev–Trinajstić information content (AvgIpc) is 2.87.